The third-order valence-electron chi connectivity index (χ3n) is 5.52. The van der Waals surface area contributed by atoms with Gasteiger partial charge in [0.25, 0.3) is 17.5 Å². The monoisotopic (exact) mass is 489 g/mol. The Hall–Kier alpha value is -4.31. The summed E-state index contributed by atoms with van der Waals surface area (Å²) < 4.78 is 0. The molecule has 1 fully saturated rings. The van der Waals surface area contributed by atoms with Crippen LogP contribution in [0.15, 0.2) is 72.8 Å². The van der Waals surface area contributed by atoms with Gasteiger partial charge in [-0.1, -0.05) is 24.3 Å². The molecular formula is C25H23N5O4S. The molecule has 0 spiro atoms. The first kappa shape index (κ1) is 23.8. The third-order valence-corrected chi connectivity index (χ3v) is 5.73. The molecule has 0 aromatic heterocycles. The Balaban J connectivity index is 1.40. The van der Waals surface area contributed by atoms with Crippen molar-refractivity contribution < 1.29 is 14.5 Å². The number of thiocarbonyl (C=S) groups is 1. The van der Waals surface area contributed by atoms with Crippen LogP contribution in [-0.2, 0) is 0 Å². The average molecular weight is 490 g/mol. The second-order valence-corrected chi connectivity index (χ2v) is 8.37. The Kier molecular flexibility index (Phi) is 7.32. The molecule has 0 saturated carbocycles. The smallest absolute Gasteiger partial charge is 0.293 e. The maximum Gasteiger partial charge on any atom is 0.293 e. The summed E-state index contributed by atoms with van der Waals surface area (Å²) >= 11 is 5.24. The maximum atomic E-state index is 12.7. The molecule has 4 rings (SSSR count). The van der Waals surface area contributed by atoms with Crippen LogP contribution in [0.5, 0.6) is 0 Å². The van der Waals surface area contributed by atoms with Crippen molar-refractivity contribution in [1.29, 1.82) is 0 Å². The number of hydrogen-bond acceptors (Lipinski definition) is 6. The molecule has 0 atom stereocenters. The first-order valence-corrected chi connectivity index (χ1v) is 11.4. The molecular weight excluding hydrogens is 466 g/mol. The van der Waals surface area contributed by atoms with Crippen molar-refractivity contribution in [3.8, 4) is 0 Å². The van der Waals surface area contributed by atoms with Gasteiger partial charge in [-0.15, -0.1) is 0 Å². The molecule has 10 heteroatoms. The number of benzene rings is 3. The Morgan fingerprint density at radius 3 is 2.20 bits per heavy atom. The van der Waals surface area contributed by atoms with Gasteiger partial charge in [-0.25, -0.2) is 0 Å². The van der Waals surface area contributed by atoms with Crippen LogP contribution >= 0.6 is 12.2 Å². The molecule has 2 amide bonds. The lowest BCUT2D eigenvalue weighted by Gasteiger charge is -2.18. The minimum absolute atomic E-state index is 0.0211. The summed E-state index contributed by atoms with van der Waals surface area (Å²) in [5.74, 6) is -0.815. The van der Waals surface area contributed by atoms with Gasteiger partial charge in [0.15, 0.2) is 5.11 Å². The van der Waals surface area contributed by atoms with Crippen molar-refractivity contribution >= 4 is 51.9 Å². The lowest BCUT2D eigenvalue weighted by atomic mass is 10.1. The number of nitro groups is 1. The molecule has 1 aliphatic heterocycles. The van der Waals surface area contributed by atoms with Crippen molar-refractivity contribution in [3.05, 3.63) is 94.0 Å². The number of carbonyl (C=O) groups excluding carboxylic acids is 2. The minimum atomic E-state index is -0.563. The lowest BCUT2D eigenvalue weighted by molar-refractivity contribution is -0.384. The summed E-state index contributed by atoms with van der Waals surface area (Å²) in [6.45, 7) is 1.51. The van der Waals surface area contributed by atoms with E-state index < -0.39 is 10.8 Å². The molecule has 1 saturated heterocycles. The number of amides is 2. The number of nitrogens with zero attached hydrogens (tertiary/aromatic N) is 2. The number of rotatable bonds is 6. The first-order chi connectivity index (χ1) is 16.9. The summed E-state index contributed by atoms with van der Waals surface area (Å²) in [5.41, 5.74) is 2.16. The molecule has 0 unspecified atom stereocenters. The fraction of sp³-hybridized carbons (Fsp3) is 0.160. The molecule has 0 radical (unpaired) electrons. The molecule has 1 heterocycles. The second kappa shape index (κ2) is 10.7. The van der Waals surface area contributed by atoms with Crippen molar-refractivity contribution in [2.75, 3.05) is 28.6 Å². The summed E-state index contributed by atoms with van der Waals surface area (Å²) in [7, 11) is 0. The summed E-state index contributed by atoms with van der Waals surface area (Å²) in [4.78, 5) is 38.1. The van der Waals surface area contributed by atoms with Crippen LogP contribution in [0.1, 0.15) is 33.6 Å². The Bertz CT molecular complexity index is 1280. The highest BCUT2D eigenvalue weighted by Gasteiger charge is 2.24. The topological polar surface area (TPSA) is 117 Å². The molecule has 3 N–H and O–H groups in total. The Morgan fingerprint density at radius 2 is 1.51 bits per heavy atom. The van der Waals surface area contributed by atoms with Crippen LogP contribution in [0.3, 0.4) is 0 Å². The average Bonchev–Trinajstić information content (AvgIpc) is 3.39. The zero-order valence-electron chi connectivity index (χ0n) is 18.7. The SMILES string of the molecule is O=C(NC(=S)Nc1cccc(NC(=O)c2ccccc2)c1)c1ccc(N2CCCC2)c([N+](=O)[O-])c1. The Morgan fingerprint density at radius 1 is 0.829 bits per heavy atom. The number of hydrogen-bond donors (Lipinski definition) is 3. The summed E-state index contributed by atoms with van der Waals surface area (Å²) in [6, 6.07) is 20.1. The van der Waals surface area contributed by atoms with E-state index in [1.54, 1.807) is 60.7 Å². The Labute approximate surface area is 207 Å². The van der Waals surface area contributed by atoms with E-state index in [2.05, 4.69) is 16.0 Å². The molecule has 1 aliphatic rings. The van der Waals surface area contributed by atoms with Crippen molar-refractivity contribution in [3.63, 3.8) is 0 Å². The molecule has 3 aromatic rings. The number of carbonyl (C=O) groups is 2. The van der Waals surface area contributed by atoms with E-state index in [1.807, 2.05) is 11.0 Å². The van der Waals surface area contributed by atoms with E-state index >= 15 is 0 Å². The van der Waals surface area contributed by atoms with Gasteiger partial charge >= 0.3 is 0 Å². The van der Waals surface area contributed by atoms with E-state index in [0.29, 0.717) is 22.6 Å². The standard InChI is InChI=1S/C25H23N5O4S/c31-23(17-7-2-1-3-8-17)26-19-9-6-10-20(16-19)27-25(35)28-24(32)18-11-12-21(22(15-18)30(33)34)29-13-4-5-14-29/h1-3,6-12,15-16H,4-5,13-14H2,(H,26,31)(H2,27,28,32,35). The third kappa shape index (κ3) is 5.98. The van der Waals surface area contributed by atoms with Gasteiger partial charge in [0.1, 0.15) is 5.69 Å². The zero-order valence-corrected chi connectivity index (χ0v) is 19.5. The van der Waals surface area contributed by atoms with Crippen LogP contribution in [0.4, 0.5) is 22.7 Å². The molecule has 9 nitrogen and oxygen atoms in total. The van der Waals surface area contributed by atoms with E-state index in [-0.39, 0.29) is 22.3 Å². The molecule has 35 heavy (non-hydrogen) atoms. The highest BCUT2D eigenvalue weighted by atomic mass is 32.1. The first-order valence-electron chi connectivity index (χ1n) is 11.0. The molecule has 178 valence electrons. The van der Waals surface area contributed by atoms with Gasteiger partial charge in [-0.05, 0) is 67.5 Å². The zero-order chi connectivity index (χ0) is 24.8. The van der Waals surface area contributed by atoms with Gasteiger partial charge in [0, 0.05) is 41.7 Å². The minimum Gasteiger partial charge on any atom is -0.366 e. The van der Waals surface area contributed by atoms with E-state index in [9.17, 15) is 19.7 Å². The summed E-state index contributed by atoms with van der Waals surface area (Å²) in [6.07, 6.45) is 1.97. The quantitative estimate of drug-likeness (QED) is 0.264. The van der Waals surface area contributed by atoms with Crippen molar-refractivity contribution in [2.24, 2.45) is 0 Å². The normalized spacial score (nSPS) is 12.6. The second-order valence-electron chi connectivity index (χ2n) is 7.96. The molecule has 0 bridgehead atoms. The van der Waals surface area contributed by atoms with Gasteiger partial charge in [0.05, 0.1) is 4.92 Å². The maximum absolute atomic E-state index is 12.7. The predicted octanol–water partition coefficient (Wildman–Crippen LogP) is 4.57. The fourth-order valence-corrected chi connectivity index (χ4v) is 4.05. The van der Waals surface area contributed by atoms with Crippen molar-refractivity contribution in [1.82, 2.24) is 5.32 Å². The van der Waals surface area contributed by atoms with Crippen LogP contribution in [0.2, 0.25) is 0 Å². The number of nitrogens with one attached hydrogen (secondary N) is 3. The van der Waals surface area contributed by atoms with E-state index in [4.69, 9.17) is 12.2 Å². The van der Waals surface area contributed by atoms with Crippen molar-refractivity contribution in [2.45, 2.75) is 12.8 Å². The van der Waals surface area contributed by atoms with Crippen LogP contribution in [-0.4, -0.2) is 34.9 Å². The molecule has 0 aliphatic carbocycles. The molecule has 3 aromatic carbocycles. The highest BCUT2D eigenvalue weighted by molar-refractivity contribution is 7.80. The van der Waals surface area contributed by atoms with Gasteiger partial charge in [-0.3, -0.25) is 25.0 Å². The number of nitro benzene ring substituents is 1. The van der Waals surface area contributed by atoms with Gasteiger partial charge < -0.3 is 15.5 Å². The van der Waals surface area contributed by atoms with Crippen LogP contribution < -0.4 is 20.9 Å². The van der Waals surface area contributed by atoms with Gasteiger partial charge in [-0.2, -0.15) is 0 Å². The lowest BCUT2D eigenvalue weighted by Crippen LogP contribution is -2.34. The van der Waals surface area contributed by atoms with E-state index in [1.165, 1.54) is 6.07 Å². The van der Waals surface area contributed by atoms with Crippen LogP contribution in [0, 0.1) is 10.1 Å². The van der Waals surface area contributed by atoms with Crippen LogP contribution in [0.25, 0.3) is 0 Å². The van der Waals surface area contributed by atoms with E-state index in [0.717, 1.165) is 25.9 Å². The summed E-state index contributed by atoms with van der Waals surface area (Å²) in [5, 5.41) is 19.9. The fourth-order valence-electron chi connectivity index (χ4n) is 3.84. The number of anilines is 3. The predicted molar refractivity (Wildman–Crippen MR) is 139 cm³/mol. The van der Waals surface area contributed by atoms with Gasteiger partial charge in [0.2, 0.25) is 0 Å². The highest BCUT2D eigenvalue weighted by Crippen LogP contribution is 2.31. The largest absolute Gasteiger partial charge is 0.366 e.